The van der Waals surface area contributed by atoms with Crippen molar-refractivity contribution in [3.8, 4) is 5.88 Å². The van der Waals surface area contributed by atoms with Crippen molar-refractivity contribution in [2.75, 3.05) is 25.0 Å². The van der Waals surface area contributed by atoms with Gasteiger partial charge in [0.15, 0.2) is 0 Å². The van der Waals surface area contributed by atoms with Crippen LogP contribution in [0.2, 0.25) is 5.15 Å². The number of carbonyl (C=O) groups is 1. The zero-order valence-electron chi connectivity index (χ0n) is 17.3. The van der Waals surface area contributed by atoms with Gasteiger partial charge in [0.1, 0.15) is 11.3 Å². The zero-order chi connectivity index (χ0) is 22.1. The molecule has 4 N–H and O–H groups in total. The molecule has 0 radical (unpaired) electrons. The summed E-state index contributed by atoms with van der Waals surface area (Å²) >= 11 is 5.81. The predicted octanol–water partition coefficient (Wildman–Crippen LogP) is 3.48. The molecule has 1 aliphatic heterocycles. The number of hydrogen-bond donors (Lipinski definition) is 3. The fourth-order valence-corrected chi connectivity index (χ4v) is 3.10. The number of halogens is 1. The Kier molecular flexibility index (Phi) is 8.20. The largest absolute Gasteiger partial charge is 0.470 e. The zero-order valence-corrected chi connectivity index (χ0v) is 18.0. The molecule has 1 aliphatic rings. The Hall–Kier alpha value is -3.16. The lowest BCUT2D eigenvalue weighted by atomic mass is 10.0. The van der Waals surface area contributed by atoms with E-state index in [-0.39, 0.29) is 6.10 Å². The minimum absolute atomic E-state index is 0.0463. The molecule has 0 spiro atoms. The Morgan fingerprint density at radius 2 is 1.94 bits per heavy atom. The molecule has 2 aromatic heterocycles. The number of nitrogens with two attached hydrogens (primary N) is 1. The molecular formula is C23H26ClN5O2. The van der Waals surface area contributed by atoms with Crippen molar-refractivity contribution in [3.05, 3.63) is 83.3 Å². The number of aromatic nitrogens is 2. The van der Waals surface area contributed by atoms with Crippen LogP contribution in [-0.2, 0) is 0 Å². The summed E-state index contributed by atoms with van der Waals surface area (Å²) in [5.74, 6) is 0.286. The molecule has 2 unspecified atom stereocenters. The summed E-state index contributed by atoms with van der Waals surface area (Å²) in [6, 6.07) is 17.4. The van der Waals surface area contributed by atoms with E-state index in [9.17, 15) is 4.79 Å². The predicted molar refractivity (Wildman–Crippen MR) is 123 cm³/mol. The Morgan fingerprint density at radius 3 is 2.55 bits per heavy atom. The van der Waals surface area contributed by atoms with Gasteiger partial charge in [-0.3, -0.25) is 4.79 Å². The number of hydrogen-bond acceptors (Lipinski definition) is 6. The van der Waals surface area contributed by atoms with E-state index in [4.69, 9.17) is 22.1 Å². The van der Waals surface area contributed by atoms with Crippen molar-refractivity contribution in [3.63, 3.8) is 0 Å². The summed E-state index contributed by atoms with van der Waals surface area (Å²) in [7, 11) is 0. The third kappa shape index (κ3) is 6.94. The van der Waals surface area contributed by atoms with Crippen LogP contribution in [0.25, 0.3) is 0 Å². The van der Waals surface area contributed by atoms with Crippen LogP contribution >= 0.6 is 11.6 Å². The normalized spacial score (nSPS) is 15.4. The molecule has 0 aliphatic carbocycles. The van der Waals surface area contributed by atoms with Crippen LogP contribution in [-0.4, -0.2) is 41.6 Å². The monoisotopic (exact) mass is 439 g/mol. The highest BCUT2D eigenvalue weighted by molar-refractivity contribution is 6.29. The first-order chi connectivity index (χ1) is 15.0. The Bertz CT molecular complexity index is 943. The Balaban J connectivity index is 0.000000391. The smallest absolute Gasteiger partial charge is 0.250 e. The highest BCUT2D eigenvalue weighted by atomic mass is 35.5. The van der Waals surface area contributed by atoms with E-state index < -0.39 is 5.91 Å². The summed E-state index contributed by atoms with van der Waals surface area (Å²) < 4.78 is 5.85. The van der Waals surface area contributed by atoms with Crippen molar-refractivity contribution in [2.45, 2.75) is 18.9 Å². The number of amides is 1. The molecule has 0 bridgehead atoms. The molecule has 3 heterocycles. The fraction of sp³-hybridized carbons (Fsp3) is 0.261. The van der Waals surface area contributed by atoms with Gasteiger partial charge in [0.25, 0.3) is 0 Å². The van der Waals surface area contributed by atoms with Crippen molar-refractivity contribution < 1.29 is 9.53 Å². The lowest BCUT2D eigenvalue weighted by Gasteiger charge is -2.27. The minimum atomic E-state index is -0.508. The van der Waals surface area contributed by atoms with Crippen LogP contribution < -0.4 is 21.1 Å². The molecule has 4 rings (SSSR count). The van der Waals surface area contributed by atoms with Crippen LogP contribution in [0.5, 0.6) is 5.88 Å². The summed E-state index contributed by atoms with van der Waals surface area (Å²) in [6.45, 7) is 4.22. The molecular weight excluding hydrogens is 414 g/mol. The number of ether oxygens (including phenoxy) is 1. The van der Waals surface area contributed by atoms with Gasteiger partial charge < -0.3 is 21.1 Å². The molecule has 1 amide bonds. The summed E-state index contributed by atoms with van der Waals surface area (Å²) in [5, 5.41) is 7.12. The molecule has 0 fully saturated rings. The summed E-state index contributed by atoms with van der Waals surface area (Å²) in [5.41, 5.74) is 7.43. The van der Waals surface area contributed by atoms with E-state index in [0.717, 1.165) is 12.1 Å². The van der Waals surface area contributed by atoms with Crippen molar-refractivity contribution in [1.82, 2.24) is 15.3 Å². The second-order valence-electron chi connectivity index (χ2n) is 7.19. The first kappa shape index (κ1) is 22.5. The first-order valence-electron chi connectivity index (χ1n) is 10.1. The number of primary amides is 1. The van der Waals surface area contributed by atoms with Gasteiger partial charge in [-0.1, -0.05) is 61.0 Å². The number of anilines is 1. The number of fused-ring (bicyclic) bond motifs is 1. The van der Waals surface area contributed by atoms with Gasteiger partial charge in [-0.15, -0.1) is 0 Å². The van der Waals surface area contributed by atoms with Crippen LogP contribution in [0.3, 0.4) is 0 Å². The first-order valence-corrected chi connectivity index (χ1v) is 10.4. The number of benzene rings is 1. The van der Waals surface area contributed by atoms with Gasteiger partial charge in [0, 0.05) is 25.5 Å². The van der Waals surface area contributed by atoms with E-state index in [0.29, 0.717) is 41.3 Å². The molecule has 2 atom stereocenters. The standard InChI is InChI=1S/C17H20ClN5O2.C6H6/c1-10(11-2-3-15(18)22-6-11)5-20-8-13-9-21-14-4-12(16(19)24)7-23-17(14)25-13;1-2-4-6-5-3-1/h2-4,6-7,10,13,20-21H,5,8-9H2,1H3,(H2,19,24);1-6H. The molecule has 8 heteroatoms. The van der Waals surface area contributed by atoms with E-state index in [1.807, 2.05) is 42.5 Å². The molecule has 162 valence electrons. The minimum Gasteiger partial charge on any atom is -0.470 e. The maximum atomic E-state index is 11.2. The van der Waals surface area contributed by atoms with Crippen LogP contribution in [0.1, 0.15) is 28.8 Å². The van der Waals surface area contributed by atoms with Gasteiger partial charge in [-0.2, -0.15) is 0 Å². The van der Waals surface area contributed by atoms with Gasteiger partial charge in [-0.05, 0) is 23.6 Å². The number of carbonyl (C=O) groups excluding carboxylic acids is 1. The van der Waals surface area contributed by atoms with Crippen LogP contribution in [0.15, 0.2) is 67.0 Å². The molecule has 31 heavy (non-hydrogen) atoms. The molecule has 1 aromatic carbocycles. The average Bonchev–Trinajstić information content (AvgIpc) is 2.80. The fourth-order valence-electron chi connectivity index (χ4n) is 2.99. The SMILES string of the molecule is CC(CNCC1CNc2cc(C(N)=O)cnc2O1)c1ccc(Cl)nc1.c1ccccc1. The molecule has 7 nitrogen and oxygen atoms in total. The van der Waals surface area contributed by atoms with Crippen molar-refractivity contribution >= 4 is 23.2 Å². The topological polar surface area (TPSA) is 102 Å². The molecule has 3 aromatic rings. The lowest BCUT2D eigenvalue weighted by Crippen LogP contribution is -2.40. The highest BCUT2D eigenvalue weighted by Crippen LogP contribution is 2.27. The lowest BCUT2D eigenvalue weighted by molar-refractivity contribution is 0.0999. The number of pyridine rings is 2. The van der Waals surface area contributed by atoms with Crippen LogP contribution in [0.4, 0.5) is 5.69 Å². The third-order valence-corrected chi connectivity index (χ3v) is 4.97. The number of rotatable bonds is 6. The van der Waals surface area contributed by atoms with E-state index in [2.05, 4.69) is 27.5 Å². The van der Waals surface area contributed by atoms with Gasteiger partial charge >= 0.3 is 0 Å². The quantitative estimate of drug-likeness (QED) is 0.508. The summed E-state index contributed by atoms with van der Waals surface area (Å²) in [6.07, 6.45) is 3.17. The Labute approximate surface area is 187 Å². The van der Waals surface area contributed by atoms with Gasteiger partial charge in [0.2, 0.25) is 11.8 Å². The van der Waals surface area contributed by atoms with E-state index >= 15 is 0 Å². The van der Waals surface area contributed by atoms with E-state index in [1.165, 1.54) is 6.20 Å². The number of nitrogens with one attached hydrogen (secondary N) is 2. The number of nitrogens with zero attached hydrogens (tertiary/aromatic N) is 2. The second kappa shape index (κ2) is 11.3. The Morgan fingerprint density at radius 1 is 1.23 bits per heavy atom. The van der Waals surface area contributed by atoms with Gasteiger partial charge in [0.05, 0.1) is 17.8 Å². The third-order valence-electron chi connectivity index (χ3n) is 4.74. The van der Waals surface area contributed by atoms with Crippen LogP contribution in [0, 0.1) is 0 Å². The van der Waals surface area contributed by atoms with Crippen molar-refractivity contribution in [2.24, 2.45) is 5.73 Å². The highest BCUT2D eigenvalue weighted by Gasteiger charge is 2.21. The molecule has 0 saturated heterocycles. The second-order valence-corrected chi connectivity index (χ2v) is 7.58. The molecule has 0 saturated carbocycles. The maximum absolute atomic E-state index is 11.2. The van der Waals surface area contributed by atoms with Crippen molar-refractivity contribution in [1.29, 1.82) is 0 Å². The maximum Gasteiger partial charge on any atom is 0.250 e. The summed E-state index contributed by atoms with van der Waals surface area (Å²) in [4.78, 5) is 19.4. The van der Waals surface area contributed by atoms with E-state index in [1.54, 1.807) is 18.3 Å². The van der Waals surface area contributed by atoms with Gasteiger partial charge in [-0.25, -0.2) is 9.97 Å². The average molecular weight is 440 g/mol.